The van der Waals surface area contributed by atoms with Gasteiger partial charge in [0.15, 0.2) is 12.6 Å². The molecule has 0 bridgehead atoms. The fourth-order valence-corrected chi connectivity index (χ4v) is 0. The molecule has 0 aromatic rings. The Bertz CT molecular complexity index is 130. The summed E-state index contributed by atoms with van der Waals surface area (Å²) in [4.78, 5) is 26.6. The summed E-state index contributed by atoms with van der Waals surface area (Å²) in [7, 11) is 0. The predicted molar refractivity (Wildman–Crippen MR) is 40.3 cm³/mol. The number of carbonyl (C=O) groups is 3. The molecule has 7 heteroatoms. The number of nitrogens with two attached hydrogens (primary N) is 2. The van der Waals surface area contributed by atoms with E-state index in [0.717, 1.165) is 0 Å². The smallest absolute Gasteiger partial charge is 0.309 e. The van der Waals surface area contributed by atoms with E-state index in [1.165, 1.54) is 0 Å². The molecule has 2 amide bonds. The zero-order valence-electron chi connectivity index (χ0n) is 6.14. The van der Waals surface area contributed by atoms with Crippen LogP contribution >= 0.6 is 0 Å². The van der Waals surface area contributed by atoms with Gasteiger partial charge in [0.1, 0.15) is 0 Å². The quantitative estimate of drug-likeness (QED) is 0.231. The summed E-state index contributed by atoms with van der Waals surface area (Å²) < 4.78 is 0. The second kappa shape index (κ2) is 16.0. The van der Waals surface area contributed by atoms with Gasteiger partial charge in [-0.05, 0) is 6.58 Å². The van der Waals surface area contributed by atoms with Crippen LogP contribution in [0.5, 0.6) is 0 Å². The van der Waals surface area contributed by atoms with Crippen LogP contribution in [0.15, 0.2) is 12.5 Å². The number of rotatable bonds is 1. The van der Waals surface area contributed by atoms with Crippen molar-refractivity contribution in [2.45, 2.75) is 0 Å². The van der Waals surface area contributed by atoms with Crippen molar-refractivity contribution in [1.29, 1.82) is 0 Å². The molecule has 0 aliphatic rings. The summed E-state index contributed by atoms with van der Waals surface area (Å²) in [5.74, 6) is -0.833. The van der Waals surface area contributed by atoms with Gasteiger partial charge in [-0.2, -0.15) is 0 Å². The lowest BCUT2D eigenvalue weighted by Crippen LogP contribution is -2.18. The second-order valence-electron chi connectivity index (χ2n) is 1.09. The van der Waals surface area contributed by atoms with Crippen LogP contribution < -0.4 is 11.5 Å². The van der Waals surface area contributed by atoms with E-state index in [2.05, 4.69) is 18.0 Å². The Morgan fingerprint density at radius 1 is 1.17 bits per heavy atom. The highest BCUT2D eigenvalue weighted by molar-refractivity contribution is 6.09. The highest BCUT2D eigenvalue weighted by atomic mass is 16.5. The molecule has 6 N–H and O–H groups in total. The summed E-state index contributed by atoms with van der Waals surface area (Å²) in [5.41, 5.74) is 8.50. The SMILES string of the molecule is C=C(O)O.NC(N)=O.O=CC=O. The highest BCUT2D eigenvalue weighted by Gasteiger charge is 1.60. The number of hydrogen-bond acceptors (Lipinski definition) is 5. The summed E-state index contributed by atoms with van der Waals surface area (Å²) >= 11 is 0. The summed E-state index contributed by atoms with van der Waals surface area (Å²) in [6.07, 6.45) is 0.389. The van der Waals surface area contributed by atoms with E-state index in [-0.39, 0.29) is 12.6 Å². The summed E-state index contributed by atoms with van der Waals surface area (Å²) in [6.45, 7) is 2.67. The fourth-order valence-electron chi connectivity index (χ4n) is 0. The van der Waals surface area contributed by atoms with Crippen molar-refractivity contribution in [3.63, 3.8) is 0 Å². The molecule has 7 nitrogen and oxygen atoms in total. The zero-order valence-corrected chi connectivity index (χ0v) is 6.14. The molecule has 0 atom stereocenters. The molecule has 0 unspecified atom stereocenters. The maximum atomic E-state index is 9.00. The van der Waals surface area contributed by atoms with Gasteiger partial charge in [0, 0.05) is 0 Å². The normalized spacial score (nSPS) is 5.67. The van der Waals surface area contributed by atoms with Crippen LogP contribution in [0.4, 0.5) is 4.79 Å². The van der Waals surface area contributed by atoms with Gasteiger partial charge in [-0.1, -0.05) is 0 Å². The highest BCUT2D eigenvalue weighted by Crippen LogP contribution is 1.58. The van der Waals surface area contributed by atoms with Crippen LogP contribution in [0, 0.1) is 0 Å². The standard InChI is InChI=1S/C2H4O2.C2H2O2.CH4N2O/c1-2(3)4;3-1-2-4;2-1(3)4/h3-4H,1H2;1-2H;(H4,2,3,4). The largest absolute Gasteiger partial charge is 0.482 e. The van der Waals surface area contributed by atoms with Crippen LogP contribution in [0.3, 0.4) is 0 Å². The average Bonchev–Trinajstić information content (AvgIpc) is 1.85. The second-order valence-corrected chi connectivity index (χ2v) is 1.09. The number of aliphatic hydroxyl groups is 2. The van der Waals surface area contributed by atoms with Gasteiger partial charge in [-0.15, -0.1) is 0 Å². The van der Waals surface area contributed by atoms with Gasteiger partial charge >= 0.3 is 6.03 Å². The first kappa shape index (κ1) is 16.5. The van der Waals surface area contributed by atoms with Crippen molar-refractivity contribution >= 4 is 18.6 Å². The Kier molecular flexibility index (Phi) is 22.0. The monoisotopic (exact) mass is 178 g/mol. The number of aldehydes is 2. The van der Waals surface area contributed by atoms with Crippen molar-refractivity contribution < 1.29 is 24.6 Å². The Labute approximate surface area is 68.3 Å². The van der Waals surface area contributed by atoms with Gasteiger partial charge in [0.05, 0.1) is 0 Å². The molecule has 0 aliphatic heterocycles. The number of primary amides is 2. The van der Waals surface area contributed by atoms with Crippen molar-refractivity contribution in [2.75, 3.05) is 0 Å². The van der Waals surface area contributed by atoms with Gasteiger partial charge in [-0.3, -0.25) is 9.59 Å². The van der Waals surface area contributed by atoms with E-state index in [4.69, 9.17) is 24.6 Å². The van der Waals surface area contributed by atoms with Crippen LogP contribution in [-0.4, -0.2) is 28.8 Å². The number of aliphatic hydroxyl groups excluding tert-OH is 1. The van der Waals surface area contributed by atoms with Crippen LogP contribution in [0.1, 0.15) is 0 Å². The first-order valence-electron chi connectivity index (χ1n) is 2.39. The van der Waals surface area contributed by atoms with Crippen LogP contribution in [0.25, 0.3) is 0 Å². The molecule has 0 saturated carbocycles. The van der Waals surface area contributed by atoms with Gasteiger partial charge in [0.25, 0.3) is 5.95 Å². The molecule has 0 spiro atoms. The van der Waals surface area contributed by atoms with Gasteiger partial charge in [0.2, 0.25) is 0 Å². The van der Waals surface area contributed by atoms with E-state index in [1.807, 2.05) is 0 Å². The van der Waals surface area contributed by atoms with E-state index in [9.17, 15) is 0 Å². The average molecular weight is 178 g/mol. The molecular formula is C5H10N2O5. The Balaban J connectivity index is -0.000000101. The summed E-state index contributed by atoms with van der Waals surface area (Å²) in [6, 6.07) is -0.833. The maximum absolute atomic E-state index is 9.00. The first-order chi connectivity index (χ1) is 5.38. The molecule has 0 rings (SSSR count). The lowest BCUT2D eigenvalue weighted by molar-refractivity contribution is -0.122. The molecule has 70 valence electrons. The third-order valence-electron chi connectivity index (χ3n) is 0.0556. The number of amides is 2. The summed E-state index contributed by atoms with van der Waals surface area (Å²) in [5, 5.41) is 14.8. The van der Waals surface area contributed by atoms with Crippen LogP contribution in [0.2, 0.25) is 0 Å². The molecular weight excluding hydrogens is 168 g/mol. The predicted octanol–water partition coefficient (Wildman–Crippen LogP) is -1.02. The van der Waals surface area contributed by atoms with Gasteiger partial charge < -0.3 is 21.7 Å². The number of carbonyl (C=O) groups excluding carboxylic acids is 3. The molecule has 0 saturated heterocycles. The molecule has 0 radical (unpaired) electrons. The first-order valence-corrected chi connectivity index (χ1v) is 2.39. The topological polar surface area (TPSA) is 144 Å². The number of hydrogen-bond donors (Lipinski definition) is 4. The molecule has 0 aliphatic carbocycles. The minimum Gasteiger partial charge on any atom is -0.482 e. The fraction of sp³-hybridized carbons (Fsp3) is 0. The molecule has 0 aromatic heterocycles. The Morgan fingerprint density at radius 3 is 1.25 bits per heavy atom. The van der Waals surface area contributed by atoms with E-state index in [1.54, 1.807) is 0 Å². The lowest BCUT2D eigenvalue weighted by Gasteiger charge is -1.69. The van der Waals surface area contributed by atoms with Crippen molar-refractivity contribution in [2.24, 2.45) is 11.5 Å². The maximum Gasteiger partial charge on any atom is 0.309 e. The molecule has 12 heavy (non-hydrogen) atoms. The van der Waals surface area contributed by atoms with E-state index in [0.29, 0.717) is 0 Å². The lowest BCUT2D eigenvalue weighted by atomic mass is 10.9. The molecule has 0 heterocycles. The minimum atomic E-state index is -0.833. The zero-order chi connectivity index (χ0) is 10.6. The minimum absolute atomic E-state index is 0.194. The third-order valence-corrected chi connectivity index (χ3v) is 0.0556. The van der Waals surface area contributed by atoms with Crippen molar-refractivity contribution in [3.05, 3.63) is 12.5 Å². The van der Waals surface area contributed by atoms with Crippen molar-refractivity contribution in [3.8, 4) is 0 Å². The van der Waals surface area contributed by atoms with E-state index >= 15 is 0 Å². The van der Waals surface area contributed by atoms with Crippen molar-refractivity contribution in [1.82, 2.24) is 0 Å². The molecule has 0 aromatic carbocycles. The van der Waals surface area contributed by atoms with E-state index < -0.39 is 12.0 Å². The van der Waals surface area contributed by atoms with Crippen LogP contribution in [-0.2, 0) is 9.59 Å². The molecule has 0 fully saturated rings. The Hall–Kier alpha value is -2.05. The van der Waals surface area contributed by atoms with Gasteiger partial charge in [-0.25, -0.2) is 4.79 Å². The number of urea groups is 1. The Morgan fingerprint density at radius 2 is 1.25 bits per heavy atom. The third kappa shape index (κ3) is 348.